The third kappa shape index (κ3) is 1.53. The molecule has 3 N–H and O–H groups in total. The molecule has 1 aromatic rings. The highest BCUT2D eigenvalue weighted by molar-refractivity contribution is 5.80. The van der Waals surface area contributed by atoms with Crippen molar-refractivity contribution >= 4 is 5.96 Å². The number of hydrogen-bond donors (Lipinski definition) is 2. The molecule has 0 saturated carbocycles. The van der Waals surface area contributed by atoms with E-state index < -0.39 is 11.6 Å². The van der Waals surface area contributed by atoms with Crippen LogP contribution < -0.4 is 11.1 Å². The molecule has 3 nitrogen and oxygen atoms in total. The van der Waals surface area contributed by atoms with Crippen molar-refractivity contribution in [2.45, 2.75) is 6.04 Å². The van der Waals surface area contributed by atoms with Crippen LogP contribution in [0.4, 0.5) is 8.78 Å². The van der Waals surface area contributed by atoms with Crippen LogP contribution in [0.25, 0.3) is 0 Å². The van der Waals surface area contributed by atoms with Crippen molar-refractivity contribution in [3.63, 3.8) is 0 Å². The minimum Gasteiger partial charge on any atom is -0.370 e. The molecule has 0 radical (unpaired) electrons. The molecule has 0 amide bonds. The van der Waals surface area contributed by atoms with Crippen LogP contribution >= 0.6 is 0 Å². The first-order valence-electron chi connectivity index (χ1n) is 4.18. The second-order valence-corrected chi connectivity index (χ2v) is 3.09. The molecule has 1 heterocycles. The van der Waals surface area contributed by atoms with Crippen molar-refractivity contribution in [3.8, 4) is 0 Å². The number of hydrogen-bond acceptors (Lipinski definition) is 3. The summed E-state index contributed by atoms with van der Waals surface area (Å²) in [6.45, 7) is 0.339. The lowest BCUT2D eigenvalue weighted by Crippen LogP contribution is -2.30. The Hall–Kier alpha value is -1.65. The highest BCUT2D eigenvalue weighted by Crippen LogP contribution is 2.20. The molecule has 0 aliphatic carbocycles. The lowest BCUT2D eigenvalue weighted by atomic mass is 10.1. The number of nitrogens with two attached hydrogens (primary N) is 1. The van der Waals surface area contributed by atoms with Gasteiger partial charge in [-0.2, -0.15) is 0 Å². The van der Waals surface area contributed by atoms with Gasteiger partial charge in [-0.05, 0) is 18.2 Å². The fraction of sp³-hybridized carbons (Fsp3) is 0.222. The quantitative estimate of drug-likeness (QED) is 0.703. The Labute approximate surface area is 79.6 Å². The molecule has 5 heteroatoms. The van der Waals surface area contributed by atoms with Crippen LogP contribution in [0, 0.1) is 11.6 Å². The van der Waals surface area contributed by atoms with Gasteiger partial charge in [0.05, 0.1) is 12.6 Å². The lowest BCUT2D eigenvalue weighted by Gasteiger charge is -2.11. The smallest absolute Gasteiger partial charge is 0.189 e. The highest BCUT2D eigenvalue weighted by Gasteiger charge is 2.20. The fourth-order valence-corrected chi connectivity index (χ4v) is 1.42. The zero-order valence-electron chi connectivity index (χ0n) is 7.30. The normalized spacial score (nSPS) is 20.4. The third-order valence-electron chi connectivity index (χ3n) is 2.10. The van der Waals surface area contributed by atoms with Gasteiger partial charge in [-0.15, -0.1) is 0 Å². The van der Waals surface area contributed by atoms with Crippen LogP contribution in [0.15, 0.2) is 23.2 Å². The van der Waals surface area contributed by atoms with E-state index in [1.807, 2.05) is 0 Å². The molecule has 1 unspecified atom stereocenters. The van der Waals surface area contributed by atoms with Crippen molar-refractivity contribution in [1.29, 1.82) is 0 Å². The molecule has 1 aliphatic heterocycles. The van der Waals surface area contributed by atoms with E-state index in [0.717, 1.165) is 18.2 Å². The van der Waals surface area contributed by atoms with Crippen LogP contribution in [-0.2, 0) is 0 Å². The van der Waals surface area contributed by atoms with E-state index in [2.05, 4.69) is 10.3 Å². The molecular weight excluding hydrogens is 188 g/mol. The molecule has 2 rings (SSSR count). The summed E-state index contributed by atoms with van der Waals surface area (Å²) in [5.41, 5.74) is 5.63. The summed E-state index contributed by atoms with van der Waals surface area (Å²) >= 11 is 0. The van der Waals surface area contributed by atoms with Gasteiger partial charge < -0.3 is 11.1 Å². The van der Waals surface area contributed by atoms with Crippen LogP contribution in [0.1, 0.15) is 11.6 Å². The van der Waals surface area contributed by atoms with Crippen LogP contribution in [0.3, 0.4) is 0 Å². The predicted octanol–water partition coefficient (Wildman–Crippen LogP) is 0.924. The third-order valence-corrected chi connectivity index (χ3v) is 2.10. The van der Waals surface area contributed by atoms with Gasteiger partial charge in [0.2, 0.25) is 0 Å². The molecule has 1 atom stereocenters. The maximum absolute atomic E-state index is 13.3. The highest BCUT2D eigenvalue weighted by atomic mass is 19.1. The Bertz CT molecular complexity index is 390. The average Bonchev–Trinajstić information content (AvgIpc) is 2.56. The van der Waals surface area contributed by atoms with Crippen LogP contribution in [0.2, 0.25) is 0 Å². The van der Waals surface area contributed by atoms with E-state index in [1.165, 1.54) is 0 Å². The number of aliphatic imine (C=N–C) groups is 1. The zero-order valence-corrected chi connectivity index (χ0v) is 7.30. The number of benzene rings is 1. The second-order valence-electron chi connectivity index (χ2n) is 3.09. The van der Waals surface area contributed by atoms with Gasteiger partial charge in [-0.3, -0.25) is 4.99 Å². The Morgan fingerprint density at radius 1 is 1.43 bits per heavy atom. The molecule has 74 valence electrons. The Morgan fingerprint density at radius 2 is 2.21 bits per heavy atom. The first-order valence-corrected chi connectivity index (χ1v) is 4.18. The summed E-state index contributed by atoms with van der Waals surface area (Å²) in [5.74, 6) is -0.652. The van der Waals surface area contributed by atoms with Gasteiger partial charge in [-0.1, -0.05) is 0 Å². The molecule has 0 saturated heterocycles. The molecule has 0 bridgehead atoms. The number of rotatable bonds is 1. The van der Waals surface area contributed by atoms with Gasteiger partial charge in [0, 0.05) is 5.56 Å². The van der Waals surface area contributed by atoms with Gasteiger partial charge in [-0.25, -0.2) is 8.78 Å². The SMILES string of the molecule is NC1=NCC(c2cc(F)ccc2F)N1. The van der Waals surface area contributed by atoms with Crippen molar-refractivity contribution < 1.29 is 8.78 Å². The Balaban J connectivity index is 2.28. The van der Waals surface area contributed by atoms with Gasteiger partial charge in [0.25, 0.3) is 0 Å². The number of nitrogens with zero attached hydrogens (tertiary/aromatic N) is 1. The zero-order chi connectivity index (χ0) is 10.1. The van der Waals surface area contributed by atoms with E-state index in [-0.39, 0.29) is 17.6 Å². The van der Waals surface area contributed by atoms with Crippen molar-refractivity contribution in [1.82, 2.24) is 5.32 Å². The maximum Gasteiger partial charge on any atom is 0.189 e. The largest absolute Gasteiger partial charge is 0.370 e. The van der Waals surface area contributed by atoms with Crippen molar-refractivity contribution in [3.05, 3.63) is 35.4 Å². The minimum absolute atomic E-state index is 0.259. The Morgan fingerprint density at radius 3 is 2.86 bits per heavy atom. The van der Waals surface area contributed by atoms with Crippen molar-refractivity contribution in [2.75, 3.05) is 6.54 Å². The summed E-state index contributed by atoms with van der Waals surface area (Å²) in [4.78, 5) is 3.86. The van der Waals surface area contributed by atoms with E-state index in [1.54, 1.807) is 0 Å². The maximum atomic E-state index is 13.3. The first kappa shape index (κ1) is 8.93. The summed E-state index contributed by atoms with van der Waals surface area (Å²) in [7, 11) is 0. The minimum atomic E-state index is -0.464. The summed E-state index contributed by atoms with van der Waals surface area (Å²) in [6.07, 6.45) is 0. The van der Waals surface area contributed by atoms with Gasteiger partial charge in [0.1, 0.15) is 11.6 Å². The molecule has 14 heavy (non-hydrogen) atoms. The van der Waals surface area contributed by atoms with Crippen molar-refractivity contribution in [2.24, 2.45) is 10.7 Å². The van der Waals surface area contributed by atoms with Crippen LogP contribution in [-0.4, -0.2) is 12.5 Å². The van der Waals surface area contributed by atoms with Gasteiger partial charge >= 0.3 is 0 Å². The molecule has 0 fully saturated rings. The summed E-state index contributed by atoms with van der Waals surface area (Å²) in [5, 5.41) is 2.76. The number of halogens is 2. The van der Waals surface area contributed by atoms with E-state index >= 15 is 0 Å². The molecule has 1 aromatic carbocycles. The van der Waals surface area contributed by atoms with Gasteiger partial charge in [0.15, 0.2) is 5.96 Å². The van der Waals surface area contributed by atoms with E-state index in [0.29, 0.717) is 6.54 Å². The average molecular weight is 197 g/mol. The molecule has 0 aromatic heterocycles. The topological polar surface area (TPSA) is 50.4 Å². The fourth-order valence-electron chi connectivity index (χ4n) is 1.42. The van der Waals surface area contributed by atoms with E-state index in [9.17, 15) is 8.78 Å². The summed E-state index contributed by atoms with van der Waals surface area (Å²) in [6, 6.07) is 2.98. The lowest BCUT2D eigenvalue weighted by molar-refractivity contribution is 0.558. The second kappa shape index (κ2) is 3.25. The summed E-state index contributed by atoms with van der Waals surface area (Å²) < 4.78 is 26.1. The van der Waals surface area contributed by atoms with E-state index in [4.69, 9.17) is 5.73 Å². The Kier molecular flexibility index (Phi) is 2.07. The van der Waals surface area contributed by atoms with Crippen LogP contribution in [0.5, 0.6) is 0 Å². The standard InChI is InChI=1S/C9H9F2N3/c10-5-1-2-7(11)6(3-5)8-4-13-9(12)14-8/h1-3,8H,4H2,(H3,12,13,14). The predicted molar refractivity (Wildman–Crippen MR) is 48.7 cm³/mol. The number of guanidine groups is 1. The molecule has 0 spiro atoms. The molecular formula is C9H9F2N3. The monoisotopic (exact) mass is 197 g/mol. The number of nitrogens with one attached hydrogen (secondary N) is 1. The first-order chi connectivity index (χ1) is 6.66. The molecule has 1 aliphatic rings.